The Morgan fingerprint density at radius 3 is 2.50 bits per heavy atom. The Kier molecular flexibility index (Phi) is 5.89. The first kappa shape index (κ1) is 19.4. The molecular formula is C22H23N3O3. The first-order chi connectivity index (χ1) is 13.5. The lowest BCUT2D eigenvalue weighted by atomic mass is 10.1. The van der Waals surface area contributed by atoms with Crippen molar-refractivity contribution >= 4 is 28.4 Å². The SMILES string of the molecule is CCOc1ccc(CNC(=O)c2cc(NC(C)=O)cc3nc(C)ccc23)cc1. The van der Waals surface area contributed by atoms with Crippen LogP contribution in [0.15, 0.2) is 48.5 Å². The maximum atomic E-state index is 12.8. The second-order valence-corrected chi connectivity index (χ2v) is 6.48. The molecule has 3 rings (SSSR count). The fourth-order valence-electron chi connectivity index (χ4n) is 2.95. The normalized spacial score (nSPS) is 10.5. The number of carbonyl (C=O) groups excluding carboxylic acids is 2. The zero-order valence-electron chi connectivity index (χ0n) is 16.2. The minimum absolute atomic E-state index is 0.201. The summed E-state index contributed by atoms with van der Waals surface area (Å²) in [5, 5.41) is 6.40. The van der Waals surface area contributed by atoms with Gasteiger partial charge in [-0.1, -0.05) is 18.2 Å². The monoisotopic (exact) mass is 377 g/mol. The summed E-state index contributed by atoms with van der Waals surface area (Å²) in [4.78, 5) is 28.8. The highest BCUT2D eigenvalue weighted by molar-refractivity contribution is 6.08. The first-order valence-corrected chi connectivity index (χ1v) is 9.15. The Bertz CT molecular complexity index is 1010. The van der Waals surface area contributed by atoms with E-state index in [4.69, 9.17) is 4.74 Å². The van der Waals surface area contributed by atoms with E-state index in [9.17, 15) is 9.59 Å². The molecule has 0 bridgehead atoms. The summed E-state index contributed by atoms with van der Waals surface area (Å²) in [7, 11) is 0. The Morgan fingerprint density at radius 1 is 1.07 bits per heavy atom. The third-order valence-electron chi connectivity index (χ3n) is 4.20. The van der Waals surface area contributed by atoms with E-state index in [-0.39, 0.29) is 11.8 Å². The second-order valence-electron chi connectivity index (χ2n) is 6.48. The third kappa shape index (κ3) is 4.65. The highest BCUT2D eigenvalue weighted by Gasteiger charge is 2.13. The second kappa shape index (κ2) is 8.52. The predicted molar refractivity (Wildman–Crippen MR) is 110 cm³/mol. The van der Waals surface area contributed by atoms with E-state index in [0.717, 1.165) is 22.4 Å². The summed E-state index contributed by atoms with van der Waals surface area (Å²) in [6, 6.07) is 14.8. The summed E-state index contributed by atoms with van der Waals surface area (Å²) in [6.07, 6.45) is 0. The maximum absolute atomic E-state index is 12.8. The fraction of sp³-hybridized carbons (Fsp3) is 0.227. The molecule has 0 saturated heterocycles. The van der Waals surface area contributed by atoms with Gasteiger partial charge in [0, 0.05) is 30.2 Å². The van der Waals surface area contributed by atoms with Crippen LogP contribution in [-0.2, 0) is 11.3 Å². The number of carbonyl (C=O) groups is 2. The van der Waals surface area contributed by atoms with E-state index in [1.54, 1.807) is 12.1 Å². The minimum atomic E-state index is -0.225. The number of aryl methyl sites for hydroxylation is 1. The number of pyridine rings is 1. The summed E-state index contributed by atoms with van der Waals surface area (Å²) in [6.45, 7) is 6.25. The quantitative estimate of drug-likeness (QED) is 0.684. The smallest absolute Gasteiger partial charge is 0.252 e. The van der Waals surface area contributed by atoms with Crippen LogP contribution >= 0.6 is 0 Å². The van der Waals surface area contributed by atoms with Crippen LogP contribution in [0.25, 0.3) is 10.9 Å². The molecule has 3 aromatic rings. The van der Waals surface area contributed by atoms with Gasteiger partial charge in [0.15, 0.2) is 0 Å². The van der Waals surface area contributed by atoms with E-state index >= 15 is 0 Å². The van der Waals surface area contributed by atoms with Crippen LogP contribution in [0.1, 0.15) is 35.5 Å². The lowest BCUT2D eigenvalue weighted by Crippen LogP contribution is -2.23. The number of nitrogens with one attached hydrogen (secondary N) is 2. The van der Waals surface area contributed by atoms with Crippen LogP contribution in [0.2, 0.25) is 0 Å². The van der Waals surface area contributed by atoms with Crippen LogP contribution in [0.5, 0.6) is 5.75 Å². The van der Waals surface area contributed by atoms with E-state index < -0.39 is 0 Å². The Labute approximate surface area is 163 Å². The van der Waals surface area contributed by atoms with Gasteiger partial charge in [0.1, 0.15) is 5.75 Å². The highest BCUT2D eigenvalue weighted by atomic mass is 16.5. The van der Waals surface area contributed by atoms with Crippen molar-refractivity contribution in [1.82, 2.24) is 10.3 Å². The van der Waals surface area contributed by atoms with Gasteiger partial charge in [-0.15, -0.1) is 0 Å². The molecule has 2 aromatic carbocycles. The third-order valence-corrected chi connectivity index (χ3v) is 4.20. The molecule has 0 fully saturated rings. The van der Waals surface area contributed by atoms with Crippen LogP contribution in [-0.4, -0.2) is 23.4 Å². The summed E-state index contributed by atoms with van der Waals surface area (Å²) < 4.78 is 5.43. The largest absolute Gasteiger partial charge is 0.494 e. The molecule has 1 heterocycles. The molecule has 6 nitrogen and oxygen atoms in total. The summed E-state index contributed by atoms with van der Waals surface area (Å²) >= 11 is 0. The molecule has 6 heteroatoms. The van der Waals surface area contributed by atoms with E-state index in [2.05, 4.69) is 15.6 Å². The minimum Gasteiger partial charge on any atom is -0.494 e. The molecule has 28 heavy (non-hydrogen) atoms. The van der Waals surface area contributed by atoms with Gasteiger partial charge in [-0.25, -0.2) is 0 Å². The number of rotatable bonds is 6. The standard InChI is InChI=1S/C22H23N3O3/c1-4-28-18-8-6-16(7-9-18)13-23-22(27)20-11-17(25-15(3)26)12-21-19(20)10-5-14(2)24-21/h5-12H,4,13H2,1-3H3,(H,23,27)(H,25,26). The van der Waals surface area contributed by atoms with Crippen molar-refractivity contribution in [2.24, 2.45) is 0 Å². The molecule has 0 aliphatic heterocycles. The zero-order chi connectivity index (χ0) is 20.1. The van der Waals surface area contributed by atoms with E-state index in [1.807, 2.05) is 50.2 Å². The molecule has 144 valence electrons. The summed E-state index contributed by atoms with van der Waals surface area (Å²) in [5.74, 6) is 0.373. The number of benzene rings is 2. The van der Waals surface area contributed by atoms with Gasteiger partial charge >= 0.3 is 0 Å². The van der Waals surface area contributed by atoms with Crippen LogP contribution in [0.3, 0.4) is 0 Å². The van der Waals surface area contributed by atoms with Crippen molar-refractivity contribution < 1.29 is 14.3 Å². The van der Waals surface area contributed by atoms with Crippen molar-refractivity contribution in [2.45, 2.75) is 27.3 Å². The van der Waals surface area contributed by atoms with Crippen molar-refractivity contribution in [3.63, 3.8) is 0 Å². The molecule has 0 unspecified atom stereocenters. The molecule has 0 atom stereocenters. The highest BCUT2D eigenvalue weighted by Crippen LogP contribution is 2.23. The fourth-order valence-corrected chi connectivity index (χ4v) is 2.95. The van der Waals surface area contributed by atoms with Crippen molar-refractivity contribution in [2.75, 3.05) is 11.9 Å². The number of ether oxygens (including phenoxy) is 1. The van der Waals surface area contributed by atoms with Gasteiger partial charge in [-0.05, 0) is 49.7 Å². The average Bonchev–Trinajstić information content (AvgIpc) is 2.66. The first-order valence-electron chi connectivity index (χ1n) is 9.15. The topological polar surface area (TPSA) is 80.3 Å². The number of hydrogen-bond donors (Lipinski definition) is 2. The molecule has 2 N–H and O–H groups in total. The molecule has 0 saturated carbocycles. The molecule has 0 radical (unpaired) electrons. The molecule has 0 spiro atoms. The van der Waals surface area contributed by atoms with Gasteiger partial charge in [0.2, 0.25) is 5.91 Å². The molecular weight excluding hydrogens is 354 g/mol. The van der Waals surface area contributed by atoms with Crippen LogP contribution in [0, 0.1) is 6.92 Å². The van der Waals surface area contributed by atoms with Crippen molar-refractivity contribution in [3.05, 3.63) is 65.4 Å². The molecule has 0 aliphatic carbocycles. The predicted octanol–water partition coefficient (Wildman–Crippen LogP) is 3.83. The van der Waals surface area contributed by atoms with Crippen molar-refractivity contribution in [3.8, 4) is 5.75 Å². The lowest BCUT2D eigenvalue weighted by molar-refractivity contribution is -0.114. The zero-order valence-corrected chi connectivity index (χ0v) is 16.2. The number of aromatic nitrogens is 1. The number of amides is 2. The molecule has 2 amide bonds. The Balaban J connectivity index is 1.84. The number of hydrogen-bond acceptors (Lipinski definition) is 4. The van der Waals surface area contributed by atoms with Crippen molar-refractivity contribution in [1.29, 1.82) is 0 Å². The van der Waals surface area contributed by atoms with Gasteiger partial charge < -0.3 is 15.4 Å². The number of anilines is 1. The summed E-state index contributed by atoms with van der Waals surface area (Å²) in [5.41, 5.74) is 3.49. The lowest BCUT2D eigenvalue weighted by Gasteiger charge is -2.12. The van der Waals surface area contributed by atoms with E-state index in [0.29, 0.717) is 29.9 Å². The van der Waals surface area contributed by atoms with Gasteiger partial charge in [-0.3, -0.25) is 14.6 Å². The average molecular weight is 377 g/mol. The molecule has 0 aliphatic rings. The maximum Gasteiger partial charge on any atom is 0.252 e. The number of fused-ring (bicyclic) bond motifs is 1. The molecule has 1 aromatic heterocycles. The Morgan fingerprint density at radius 2 is 1.82 bits per heavy atom. The Hall–Kier alpha value is -3.41. The van der Waals surface area contributed by atoms with Gasteiger partial charge in [-0.2, -0.15) is 0 Å². The van der Waals surface area contributed by atoms with Crippen LogP contribution in [0.4, 0.5) is 5.69 Å². The number of nitrogens with zero attached hydrogens (tertiary/aromatic N) is 1. The van der Waals surface area contributed by atoms with Crippen LogP contribution < -0.4 is 15.4 Å². The van der Waals surface area contributed by atoms with Gasteiger partial charge in [0.05, 0.1) is 17.7 Å². The van der Waals surface area contributed by atoms with Gasteiger partial charge in [0.25, 0.3) is 5.91 Å². The van der Waals surface area contributed by atoms with E-state index in [1.165, 1.54) is 6.92 Å².